The van der Waals surface area contributed by atoms with E-state index in [1.165, 1.54) is 77.0 Å². The van der Waals surface area contributed by atoms with E-state index in [9.17, 15) is 0 Å². The number of nitrogens with two attached hydrogens (primary N) is 3. The first kappa shape index (κ1) is 25.8. The van der Waals surface area contributed by atoms with Crippen LogP contribution in [0.3, 0.4) is 0 Å². The van der Waals surface area contributed by atoms with E-state index >= 15 is 0 Å². The lowest BCUT2D eigenvalue weighted by Gasteiger charge is -1.90. The van der Waals surface area contributed by atoms with Gasteiger partial charge in [-0.1, -0.05) is 78.6 Å². The Hall–Kier alpha value is -0.120. The fourth-order valence-electron chi connectivity index (χ4n) is 1.71. The fourth-order valence-corrected chi connectivity index (χ4v) is 1.71. The van der Waals surface area contributed by atoms with Gasteiger partial charge in [0.15, 0.2) is 0 Å². The minimum atomic E-state index is 0.861. The summed E-state index contributed by atoms with van der Waals surface area (Å²) in [6.45, 7) is 9.20. The van der Waals surface area contributed by atoms with Crippen LogP contribution in [0.4, 0.5) is 0 Å². The van der Waals surface area contributed by atoms with E-state index < -0.39 is 0 Å². The zero-order valence-electron chi connectivity index (χ0n) is 15.3. The summed E-state index contributed by atoms with van der Waals surface area (Å²) in [5, 5.41) is 0. The van der Waals surface area contributed by atoms with E-state index in [0.717, 1.165) is 19.6 Å². The van der Waals surface area contributed by atoms with E-state index in [2.05, 4.69) is 20.8 Å². The van der Waals surface area contributed by atoms with Crippen LogP contribution >= 0.6 is 0 Å². The number of unbranched alkanes of at least 4 members (excludes halogenated alkanes) is 9. The van der Waals surface area contributed by atoms with Crippen LogP contribution in [-0.4, -0.2) is 19.6 Å². The molecule has 6 N–H and O–H groups in total. The van der Waals surface area contributed by atoms with Gasteiger partial charge < -0.3 is 17.2 Å². The summed E-state index contributed by atoms with van der Waals surface area (Å²) in [4.78, 5) is 0. The molecule has 0 heterocycles. The summed E-state index contributed by atoms with van der Waals surface area (Å²) in [5.74, 6) is 0. The maximum Gasteiger partial charge on any atom is -0.00773 e. The average molecular weight is 304 g/mol. The molecule has 3 nitrogen and oxygen atoms in total. The van der Waals surface area contributed by atoms with Crippen molar-refractivity contribution in [1.29, 1.82) is 0 Å². The van der Waals surface area contributed by atoms with Crippen LogP contribution in [0, 0.1) is 0 Å². The summed E-state index contributed by atoms with van der Waals surface area (Å²) in [7, 11) is 0. The van der Waals surface area contributed by atoms with Gasteiger partial charge in [0.25, 0.3) is 0 Å². The fraction of sp³-hybridized carbons (Fsp3) is 1.00. The zero-order valence-corrected chi connectivity index (χ0v) is 15.3. The molecular weight excluding hydrogens is 258 g/mol. The summed E-state index contributed by atoms with van der Waals surface area (Å²) in [6, 6.07) is 0. The third kappa shape index (κ3) is 45.0. The highest BCUT2D eigenvalue weighted by atomic mass is 14.5. The van der Waals surface area contributed by atoms with Crippen LogP contribution in [0.25, 0.3) is 0 Å². The van der Waals surface area contributed by atoms with Crippen molar-refractivity contribution in [2.75, 3.05) is 19.6 Å². The Morgan fingerprint density at radius 1 is 0.381 bits per heavy atom. The Balaban J connectivity index is -0.000000231. The molecule has 0 saturated carbocycles. The van der Waals surface area contributed by atoms with Gasteiger partial charge >= 0.3 is 0 Å². The molecule has 0 amide bonds. The summed E-state index contributed by atoms with van der Waals surface area (Å²) >= 11 is 0. The highest BCUT2D eigenvalue weighted by Crippen LogP contribution is 1.96. The molecule has 0 spiro atoms. The van der Waals surface area contributed by atoms with Crippen molar-refractivity contribution in [2.24, 2.45) is 17.2 Å². The standard InChI is InChI=1S/3C6H15N/c3*1-2-3-4-5-6-7/h3*2-7H2,1H3. The van der Waals surface area contributed by atoms with Gasteiger partial charge in [-0.05, 0) is 38.9 Å². The van der Waals surface area contributed by atoms with Crippen LogP contribution in [-0.2, 0) is 0 Å². The molecule has 0 unspecified atom stereocenters. The largest absolute Gasteiger partial charge is 0.330 e. The Bertz CT molecular complexity index is 93.9. The second kappa shape index (κ2) is 32.0. The molecule has 0 rings (SSSR count). The van der Waals surface area contributed by atoms with Gasteiger partial charge in [-0.15, -0.1) is 0 Å². The quantitative estimate of drug-likeness (QED) is 0.462. The zero-order chi connectivity index (χ0) is 16.6. The van der Waals surface area contributed by atoms with Crippen molar-refractivity contribution < 1.29 is 0 Å². The van der Waals surface area contributed by atoms with Gasteiger partial charge in [-0.2, -0.15) is 0 Å². The first-order chi connectivity index (χ1) is 10.2. The van der Waals surface area contributed by atoms with Gasteiger partial charge in [0.05, 0.1) is 0 Å². The van der Waals surface area contributed by atoms with Crippen LogP contribution in [0.15, 0.2) is 0 Å². The SMILES string of the molecule is CCCCCCN.CCCCCCN.CCCCCCN. The third-order valence-corrected chi connectivity index (χ3v) is 3.17. The first-order valence-corrected chi connectivity index (χ1v) is 9.35. The van der Waals surface area contributed by atoms with E-state index in [-0.39, 0.29) is 0 Å². The van der Waals surface area contributed by atoms with Crippen LogP contribution < -0.4 is 17.2 Å². The second-order valence-corrected chi connectivity index (χ2v) is 5.55. The normalized spacial score (nSPS) is 9.43. The summed E-state index contributed by atoms with van der Waals surface area (Å²) < 4.78 is 0. The maximum atomic E-state index is 5.27. The topological polar surface area (TPSA) is 78.1 Å². The van der Waals surface area contributed by atoms with Gasteiger partial charge in [-0.3, -0.25) is 0 Å². The number of hydrogen-bond acceptors (Lipinski definition) is 3. The Morgan fingerprint density at radius 3 is 0.762 bits per heavy atom. The van der Waals surface area contributed by atoms with Gasteiger partial charge in [0.2, 0.25) is 0 Å². The van der Waals surface area contributed by atoms with Crippen molar-refractivity contribution in [3.05, 3.63) is 0 Å². The molecule has 0 radical (unpaired) electrons. The lowest BCUT2D eigenvalue weighted by Crippen LogP contribution is -1.97. The molecule has 0 aromatic rings. The molecule has 0 bridgehead atoms. The first-order valence-electron chi connectivity index (χ1n) is 9.35. The Morgan fingerprint density at radius 2 is 0.619 bits per heavy atom. The molecule has 0 saturated heterocycles. The van der Waals surface area contributed by atoms with E-state index in [1.807, 2.05) is 0 Å². The van der Waals surface area contributed by atoms with Crippen molar-refractivity contribution in [3.8, 4) is 0 Å². The van der Waals surface area contributed by atoms with Gasteiger partial charge in [-0.25, -0.2) is 0 Å². The molecule has 0 aromatic carbocycles. The van der Waals surface area contributed by atoms with E-state index in [0.29, 0.717) is 0 Å². The minimum absolute atomic E-state index is 0.861. The minimum Gasteiger partial charge on any atom is -0.330 e. The number of hydrogen-bond donors (Lipinski definition) is 3. The summed E-state index contributed by atoms with van der Waals surface area (Å²) in [6.07, 6.45) is 15.5. The number of rotatable bonds is 12. The molecule has 3 heteroatoms. The predicted octanol–water partition coefficient (Wildman–Crippen LogP) is 4.58. The average Bonchev–Trinajstić information content (AvgIpc) is 2.50. The van der Waals surface area contributed by atoms with E-state index in [1.54, 1.807) is 0 Å². The molecule has 0 aliphatic rings. The van der Waals surface area contributed by atoms with Crippen molar-refractivity contribution in [1.82, 2.24) is 0 Å². The maximum absolute atomic E-state index is 5.27. The molecule has 0 fully saturated rings. The Kier molecular flexibility index (Phi) is 39.3. The van der Waals surface area contributed by atoms with Gasteiger partial charge in [0, 0.05) is 0 Å². The lowest BCUT2D eigenvalue weighted by molar-refractivity contribution is 0.674. The smallest absolute Gasteiger partial charge is 0.00773 e. The predicted molar refractivity (Wildman–Crippen MR) is 99.6 cm³/mol. The van der Waals surface area contributed by atoms with Crippen molar-refractivity contribution in [2.45, 2.75) is 97.8 Å². The van der Waals surface area contributed by atoms with E-state index in [4.69, 9.17) is 17.2 Å². The molecule has 132 valence electrons. The van der Waals surface area contributed by atoms with Gasteiger partial charge in [0.1, 0.15) is 0 Å². The van der Waals surface area contributed by atoms with Crippen LogP contribution in [0.5, 0.6) is 0 Å². The third-order valence-electron chi connectivity index (χ3n) is 3.17. The molecule has 0 aromatic heterocycles. The van der Waals surface area contributed by atoms with Crippen LogP contribution in [0.2, 0.25) is 0 Å². The molecule has 0 aliphatic carbocycles. The van der Waals surface area contributed by atoms with Crippen LogP contribution in [0.1, 0.15) is 97.8 Å². The highest BCUT2D eigenvalue weighted by Gasteiger charge is 1.81. The molecule has 0 aliphatic heterocycles. The molecule has 0 atom stereocenters. The molecule has 21 heavy (non-hydrogen) atoms. The monoisotopic (exact) mass is 303 g/mol. The lowest BCUT2D eigenvalue weighted by atomic mass is 10.2. The Labute approximate surface area is 135 Å². The second-order valence-electron chi connectivity index (χ2n) is 5.55. The van der Waals surface area contributed by atoms with Crippen molar-refractivity contribution >= 4 is 0 Å². The van der Waals surface area contributed by atoms with Crippen molar-refractivity contribution in [3.63, 3.8) is 0 Å². The summed E-state index contributed by atoms with van der Waals surface area (Å²) in [5.41, 5.74) is 15.8. The molecular formula is C18H45N3. The highest BCUT2D eigenvalue weighted by molar-refractivity contribution is 4.39.